The molecule has 0 aromatic rings. The van der Waals surface area contributed by atoms with Crippen LogP contribution in [0.15, 0.2) is 0 Å². The number of carbonyl (C=O) groups is 2. The van der Waals surface area contributed by atoms with Crippen molar-refractivity contribution in [1.82, 2.24) is 15.1 Å². The van der Waals surface area contributed by atoms with Crippen molar-refractivity contribution in [2.75, 3.05) is 27.2 Å². The third-order valence-corrected chi connectivity index (χ3v) is 4.33. The summed E-state index contributed by atoms with van der Waals surface area (Å²) in [5.41, 5.74) is -0.171. The molecule has 1 fully saturated rings. The van der Waals surface area contributed by atoms with Crippen molar-refractivity contribution >= 4 is 12.0 Å². The third-order valence-electron chi connectivity index (χ3n) is 4.33. The molecular formula is C14H27N3O3. The molecule has 2 unspecified atom stereocenters. The molecule has 0 saturated carbocycles. The second-order valence-electron chi connectivity index (χ2n) is 6.46. The number of urea groups is 1. The van der Waals surface area contributed by atoms with E-state index in [4.69, 9.17) is 0 Å². The van der Waals surface area contributed by atoms with Crippen LogP contribution in [0.1, 0.15) is 33.6 Å². The number of piperidine rings is 1. The topological polar surface area (TPSA) is 72.9 Å². The van der Waals surface area contributed by atoms with Crippen molar-refractivity contribution in [2.24, 2.45) is 5.92 Å². The van der Waals surface area contributed by atoms with Crippen LogP contribution in [0.4, 0.5) is 4.79 Å². The Morgan fingerprint density at radius 1 is 1.40 bits per heavy atom. The van der Waals surface area contributed by atoms with Gasteiger partial charge in [-0.2, -0.15) is 0 Å². The predicted molar refractivity (Wildman–Crippen MR) is 77.7 cm³/mol. The maximum Gasteiger partial charge on any atom is 0.326 e. The fourth-order valence-corrected chi connectivity index (χ4v) is 2.34. The molecule has 6 heteroatoms. The van der Waals surface area contributed by atoms with E-state index in [-0.39, 0.29) is 17.5 Å². The van der Waals surface area contributed by atoms with Gasteiger partial charge >= 0.3 is 12.0 Å². The normalized spacial score (nSPS) is 23.8. The molecule has 1 saturated heterocycles. The Balaban J connectivity index is 2.68. The van der Waals surface area contributed by atoms with Crippen molar-refractivity contribution < 1.29 is 14.7 Å². The van der Waals surface area contributed by atoms with Crippen molar-refractivity contribution in [2.45, 2.75) is 45.2 Å². The Kier molecular flexibility index (Phi) is 5.39. The van der Waals surface area contributed by atoms with Crippen LogP contribution in [-0.4, -0.2) is 65.7 Å². The van der Waals surface area contributed by atoms with Gasteiger partial charge in [-0.05, 0) is 46.7 Å². The number of likely N-dealkylation sites (tertiary alicyclic amines) is 1. The summed E-state index contributed by atoms with van der Waals surface area (Å²) in [6, 6.07) is -0.995. The Hall–Kier alpha value is -1.30. The highest BCUT2D eigenvalue weighted by molar-refractivity contribution is 5.83. The molecule has 0 aromatic heterocycles. The number of carboxylic acid groups (broad SMARTS) is 1. The molecular weight excluding hydrogens is 258 g/mol. The van der Waals surface area contributed by atoms with Gasteiger partial charge < -0.3 is 20.2 Å². The van der Waals surface area contributed by atoms with E-state index in [2.05, 4.69) is 5.32 Å². The Morgan fingerprint density at radius 3 is 2.50 bits per heavy atom. The third kappa shape index (κ3) is 3.85. The quantitative estimate of drug-likeness (QED) is 0.814. The van der Waals surface area contributed by atoms with E-state index in [1.54, 1.807) is 0 Å². The van der Waals surface area contributed by atoms with E-state index in [0.717, 1.165) is 12.8 Å². The first-order valence-corrected chi connectivity index (χ1v) is 7.11. The second-order valence-corrected chi connectivity index (χ2v) is 6.46. The highest BCUT2D eigenvalue weighted by Gasteiger charge is 2.37. The minimum Gasteiger partial charge on any atom is -0.480 e. The summed E-state index contributed by atoms with van der Waals surface area (Å²) in [4.78, 5) is 27.1. The highest BCUT2D eigenvalue weighted by atomic mass is 16.4. The number of amides is 2. The second kappa shape index (κ2) is 6.43. The van der Waals surface area contributed by atoms with Crippen LogP contribution >= 0.6 is 0 Å². The van der Waals surface area contributed by atoms with Gasteiger partial charge in [-0.1, -0.05) is 6.92 Å². The molecule has 1 heterocycles. The summed E-state index contributed by atoms with van der Waals surface area (Å²) in [6.45, 7) is 6.94. The largest absolute Gasteiger partial charge is 0.480 e. The first-order valence-electron chi connectivity index (χ1n) is 7.11. The lowest BCUT2D eigenvalue weighted by atomic mass is 9.91. The average Bonchev–Trinajstić information content (AvgIpc) is 2.35. The molecule has 0 aliphatic carbocycles. The van der Waals surface area contributed by atoms with Gasteiger partial charge in [0.15, 0.2) is 0 Å². The molecule has 1 aliphatic rings. The summed E-state index contributed by atoms with van der Waals surface area (Å²) in [6.07, 6.45) is 1.71. The van der Waals surface area contributed by atoms with E-state index in [9.17, 15) is 14.7 Å². The van der Waals surface area contributed by atoms with Gasteiger partial charge in [0.05, 0.1) is 0 Å². The van der Waals surface area contributed by atoms with E-state index in [0.29, 0.717) is 13.1 Å². The monoisotopic (exact) mass is 285 g/mol. The van der Waals surface area contributed by atoms with Crippen LogP contribution in [0.25, 0.3) is 0 Å². The molecule has 0 aromatic carbocycles. The maximum absolute atomic E-state index is 12.3. The van der Waals surface area contributed by atoms with E-state index >= 15 is 0 Å². The molecule has 0 radical (unpaired) electrons. The van der Waals surface area contributed by atoms with Gasteiger partial charge in [-0.3, -0.25) is 0 Å². The van der Waals surface area contributed by atoms with Gasteiger partial charge in [-0.15, -0.1) is 0 Å². The van der Waals surface area contributed by atoms with Gasteiger partial charge in [0, 0.05) is 18.6 Å². The van der Waals surface area contributed by atoms with Gasteiger partial charge in [0.25, 0.3) is 0 Å². The van der Waals surface area contributed by atoms with Crippen molar-refractivity contribution in [3.8, 4) is 0 Å². The van der Waals surface area contributed by atoms with Crippen molar-refractivity contribution in [3.05, 3.63) is 0 Å². The molecule has 6 nitrogen and oxygen atoms in total. The molecule has 2 amide bonds. The maximum atomic E-state index is 12.3. The highest BCUT2D eigenvalue weighted by Crippen LogP contribution is 2.23. The number of hydrogen-bond acceptors (Lipinski definition) is 3. The summed E-state index contributed by atoms with van der Waals surface area (Å²) in [7, 11) is 3.91. The summed E-state index contributed by atoms with van der Waals surface area (Å²) in [5, 5.41) is 12.2. The summed E-state index contributed by atoms with van der Waals surface area (Å²) < 4.78 is 0. The van der Waals surface area contributed by atoms with Crippen LogP contribution in [0.3, 0.4) is 0 Å². The van der Waals surface area contributed by atoms with Crippen LogP contribution in [0, 0.1) is 5.92 Å². The number of rotatable bonds is 4. The minimum absolute atomic E-state index is 0.00569. The molecule has 116 valence electrons. The lowest BCUT2D eigenvalue weighted by Crippen LogP contribution is -2.57. The zero-order valence-electron chi connectivity index (χ0n) is 13.1. The van der Waals surface area contributed by atoms with Crippen LogP contribution < -0.4 is 5.32 Å². The predicted octanol–water partition coefficient (Wildman–Crippen LogP) is 1.22. The summed E-state index contributed by atoms with van der Waals surface area (Å²) in [5.74, 6) is -0.923. The van der Waals surface area contributed by atoms with Crippen LogP contribution in [0.5, 0.6) is 0 Å². The zero-order valence-corrected chi connectivity index (χ0v) is 13.1. The molecule has 2 N–H and O–H groups in total. The van der Waals surface area contributed by atoms with Crippen LogP contribution in [0.2, 0.25) is 0 Å². The van der Waals surface area contributed by atoms with Gasteiger partial charge in [-0.25, -0.2) is 9.59 Å². The lowest BCUT2D eigenvalue weighted by Gasteiger charge is -2.38. The Bertz CT molecular complexity index is 369. The molecule has 0 bridgehead atoms. The number of carbonyl (C=O) groups excluding carboxylic acids is 1. The van der Waals surface area contributed by atoms with E-state index in [1.165, 1.54) is 4.90 Å². The molecule has 0 spiro atoms. The Morgan fingerprint density at radius 2 is 2.00 bits per heavy atom. The SMILES string of the molecule is CC1CCCN(C(=O)NCC(C)(C)N(C)C)C1C(=O)O. The van der Waals surface area contributed by atoms with Gasteiger partial charge in [0.1, 0.15) is 6.04 Å². The van der Waals surface area contributed by atoms with Crippen molar-refractivity contribution in [3.63, 3.8) is 0 Å². The van der Waals surface area contributed by atoms with Crippen molar-refractivity contribution in [1.29, 1.82) is 0 Å². The first kappa shape index (κ1) is 16.8. The van der Waals surface area contributed by atoms with Crippen LogP contribution in [-0.2, 0) is 4.79 Å². The summed E-state index contributed by atoms with van der Waals surface area (Å²) >= 11 is 0. The number of aliphatic carboxylic acids is 1. The number of nitrogens with one attached hydrogen (secondary N) is 1. The molecule has 2 atom stereocenters. The Labute approximate surface area is 121 Å². The van der Waals surface area contributed by atoms with E-state index < -0.39 is 12.0 Å². The zero-order chi connectivity index (χ0) is 15.5. The first-order chi connectivity index (χ1) is 9.16. The fourth-order valence-electron chi connectivity index (χ4n) is 2.34. The molecule has 20 heavy (non-hydrogen) atoms. The number of likely N-dealkylation sites (N-methyl/N-ethyl adjacent to an activating group) is 1. The van der Waals surface area contributed by atoms with Gasteiger partial charge in [0.2, 0.25) is 0 Å². The lowest BCUT2D eigenvalue weighted by molar-refractivity contribution is -0.145. The van der Waals surface area contributed by atoms with E-state index in [1.807, 2.05) is 39.8 Å². The molecule has 1 rings (SSSR count). The number of nitrogens with zero attached hydrogens (tertiary/aromatic N) is 2. The minimum atomic E-state index is -0.917. The number of hydrogen-bond donors (Lipinski definition) is 2. The number of carboxylic acids is 1. The standard InChI is InChI=1S/C14H27N3O3/c1-10-7-6-8-17(11(10)12(18)19)13(20)15-9-14(2,3)16(4)5/h10-11H,6-9H2,1-5H3,(H,15,20)(H,18,19). The molecule has 1 aliphatic heterocycles. The smallest absolute Gasteiger partial charge is 0.326 e. The fraction of sp³-hybridized carbons (Fsp3) is 0.857. The average molecular weight is 285 g/mol.